The van der Waals surface area contributed by atoms with E-state index in [1.807, 2.05) is 30.8 Å². The number of hydrogen-bond acceptors (Lipinski definition) is 17. The summed E-state index contributed by atoms with van der Waals surface area (Å²) in [5.74, 6) is -3.13. The molecule has 7 N–H and O–H groups in total. The summed E-state index contributed by atoms with van der Waals surface area (Å²) in [6, 6.07) is 16.4. The molecule has 4 aliphatic rings. The number of anilines is 1. The number of ether oxygens (including phenoxy) is 6. The van der Waals surface area contributed by atoms with Gasteiger partial charge in [-0.25, -0.2) is 9.59 Å². The molecule has 15 atom stereocenters. The second-order valence-corrected chi connectivity index (χ2v) is 21.4. The highest BCUT2D eigenvalue weighted by atomic mass is 16.7. The minimum absolute atomic E-state index is 0.0296. The number of ketones is 1. The maximum Gasteiger partial charge on any atom is 0.338 e. The van der Waals surface area contributed by atoms with Crippen molar-refractivity contribution in [1.82, 2.24) is 19.6 Å². The lowest BCUT2D eigenvalue weighted by molar-refractivity contribution is -0.349. The average molecular weight is 1060 g/mol. The highest BCUT2D eigenvalue weighted by Crippen LogP contribution is 2.40. The third-order valence-electron chi connectivity index (χ3n) is 15.5. The van der Waals surface area contributed by atoms with Crippen LogP contribution in [0.4, 0.5) is 5.69 Å². The van der Waals surface area contributed by atoms with Crippen LogP contribution in [0, 0.1) is 17.8 Å². The largest absolute Gasteiger partial charge is 0.479 e. The average Bonchev–Trinajstić information content (AvgIpc) is 4.06. The number of carboxylic acid groups (broad SMARTS) is 1. The van der Waals surface area contributed by atoms with Gasteiger partial charge >= 0.3 is 11.9 Å². The molecule has 4 aromatic rings. The summed E-state index contributed by atoms with van der Waals surface area (Å²) in [4.78, 5) is 41.0. The molecular weight excluding hydrogens is 983 g/mol. The van der Waals surface area contributed by atoms with E-state index in [2.05, 4.69) is 51.2 Å². The Morgan fingerprint density at radius 1 is 0.855 bits per heavy atom. The SMILES string of the molecule is C=C(C)Nc1ccc2c(ccn2CCCn2cc(CCCCC(=O)C3CC(C)[C@@H](O[C@@H]4OC(C)[C@@H](O)[C@H](O)C4O)[C@H](O[C@@H]4O[C@@H](CO)[C@H](O)C(O[C@@H](CC5CCCCC5)C(=O)O)C4OC(=O)c4ccccc4)C3)nn2)c1. The number of Topliss-reactive ketones (excluding diaryl/α,β-unsaturated/α-hetero) is 1. The van der Waals surface area contributed by atoms with Crippen LogP contribution in [0.2, 0.25) is 0 Å². The van der Waals surface area contributed by atoms with Crippen molar-refractivity contribution in [2.75, 3.05) is 11.9 Å². The van der Waals surface area contributed by atoms with Crippen LogP contribution in [0.3, 0.4) is 0 Å². The Kier molecular flexibility index (Phi) is 19.9. The Bertz CT molecular complexity index is 2530. The first kappa shape index (κ1) is 57.1. The van der Waals surface area contributed by atoms with Crippen molar-refractivity contribution < 1.29 is 73.4 Å². The summed E-state index contributed by atoms with van der Waals surface area (Å²) in [6.45, 7) is 9.96. The number of aliphatic hydroxyl groups excluding tert-OH is 5. The fourth-order valence-corrected chi connectivity index (χ4v) is 11.4. The molecule has 0 radical (unpaired) electrons. The highest BCUT2D eigenvalue weighted by molar-refractivity contribution is 5.89. The van der Waals surface area contributed by atoms with E-state index in [9.17, 15) is 45.0 Å². The van der Waals surface area contributed by atoms with Gasteiger partial charge < -0.3 is 68.9 Å². The Labute approximate surface area is 443 Å². The van der Waals surface area contributed by atoms with E-state index >= 15 is 0 Å². The lowest BCUT2D eigenvalue weighted by Gasteiger charge is -2.48. The van der Waals surface area contributed by atoms with Gasteiger partial charge in [0.1, 0.15) is 42.4 Å². The molecule has 0 amide bonds. The molecule has 0 spiro atoms. The summed E-state index contributed by atoms with van der Waals surface area (Å²) in [5.41, 5.74) is 3.98. The number of carbonyl (C=O) groups excluding carboxylic acids is 2. The normalized spacial score (nSPS) is 30.7. The zero-order valence-corrected chi connectivity index (χ0v) is 43.8. The number of benzene rings is 2. The number of nitrogens with zero attached hydrogens (tertiary/aromatic N) is 4. The van der Waals surface area contributed by atoms with Crippen molar-refractivity contribution in [1.29, 1.82) is 0 Å². The van der Waals surface area contributed by atoms with Gasteiger partial charge in [0.15, 0.2) is 24.8 Å². The van der Waals surface area contributed by atoms with E-state index in [1.54, 1.807) is 18.2 Å². The second-order valence-electron chi connectivity index (χ2n) is 21.4. The summed E-state index contributed by atoms with van der Waals surface area (Å²) in [5, 5.41) is 78.2. The maximum atomic E-state index is 14.2. The van der Waals surface area contributed by atoms with Gasteiger partial charge in [-0.05, 0) is 107 Å². The quantitative estimate of drug-likeness (QED) is 0.0346. The maximum absolute atomic E-state index is 14.2. The van der Waals surface area contributed by atoms with Crippen molar-refractivity contribution >= 4 is 34.3 Å². The van der Waals surface area contributed by atoms with Gasteiger partial charge in [-0.15, -0.1) is 5.10 Å². The minimum Gasteiger partial charge on any atom is -0.479 e. The van der Waals surface area contributed by atoms with Crippen molar-refractivity contribution in [3.63, 3.8) is 0 Å². The van der Waals surface area contributed by atoms with E-state index in [0.29, 0.717) is 32.2 Å². The Hall–Kier alpha value is -5.13. The number of nitrogens with one attached hydrogen (secondary N) is 1. The third-order valence-corrected chi connectivity index (χ3v) is 15.5. The van der Waals surface area contributed by atoms with Gasteiger partial charge in [-0.3, -0.25) is 9.48 Å². The number of unbranched alkanes of at least 4 members (excludes halogenated alkanes) is 1. The molecule has 4 heterocycles. The number of allylic oxidation sites excluding steroid dienone is 1. The van der Waals surface area contributed by atoms with Gasteiger partial charge in [0, 0.05) is 60.1 Å². The predicted molar refractivity (Wildman–Crippen MR) is 276 cm³/mol. The van der Waals surface area contributed by atoms with Crippen LogP contribution < -0.4 is 5.32 Å². The van der Waals surface area contributed by atoms with Crippen LogP contribution in [-0.2, 0) is 57.5 Å². The fraction of sp³-hybridized carbons (Fsp3) is 0.625. The number of rotatable bonds is 24. The summed E-state index contributed by atoms with van der Waals surface area (Å²) < 4.78 is 41.7. The number of aliphatic hydroxyl groups is 5. The smallest absolute Gasteiger partial charge is 0.338 e. The number of fused-ring (bicyclic) bond motifs is 1. The Morgan fingerprint density at radius 3 is 2.37 bits per heavy atom. The standard InChI is InChI=1S/C56H77N5O15/c1-32(2)57-39-20-21-41-37(28-39)22-25-60(41)23-13-24-61-30-40(58-59-61)18-11-12-19-42(63)38-26-33(3)50(76-55-49(67)48(66)46(64)34(4)71-55)43(29-38)73-56-52(75-54(70)36-16-9-6-10-17-36)51(47(65)45(31-62)74-56)72-44(53(68)69)27-35-14-7-5-8-15-35/h6,9-10,16-17,20-22,25,28,30,33-35,38,43-52,55-57,62,64-67H,1,5,7-8,11-15,18-19,23-24,26-27,29,31H2,2-4H3,(H,68,69)/t33?,34?,38?,43-,44+,45+,46-,47+,48+,49?,50-,51?,52?,55+,56-/m1/s1. The van der Waals surface area contributed by atoms with E-state index in [4.69, 9.17) is 28.4 Å². The van der Waals surface area contributed by atoms with Gasteiger partial charge in [0.25, 0.3) is 0 Å². The van der Waals surface area contributed by atoms with Crippen molar-refractivity contribution in [3.8, 4) is 0 Å². The molecule has 2 aromatic carbocycles. The zero-order chi connectivity index (χ0) is 54.0. The molecule has 4 fully saturated rings. The van der Waals surface area contributed by atoms with Crippen LogP contribution in [0.1, 0.15) is 114 Å². The number of carboxylic acids is 1. The van der Waals surface area contributed by atoms with E-state index in [1.165, 1.54) is 19.1 Å². The van der Waals surface area contributed by atoms with Crippen molar-refractivity contribution in [2.24, 2.45) is 17.8 Å². The van der Waals surface area contributed by atoms with E-state index in [0.717, 1.165) is 73.1 Å². The van der Waals surface area contributed by atoms with Gasteiger partial charge in [-0.1, -0.05) is 69.0 Å². The first-order chi connectivity index (χ1) is 36.6. The summed E-state index contributed by atoms with van der Waals surface area (Å²) in [6.07, 6.45) is -6.32. The first-order valence-electron chi connectivity index (χ1n) is 27.1. The Morgan fingerprint density at radius 2 is 1.63 bits per heavy atom. The third kappa shape index (κ3) is 14.3. The van der Waals surface area contributed by atoms with Gasteiger partial charge in [0.05, 0.1) is 36.2 Å². The molecule has 20 heteroatoms. The topological polar surface area (TPSA) is 276 Å². The first-order valence-corrected chi connectivity index (χ1v) is 27.1. The molecule has 2 aliphatic heterocycles. The molecule has 0 bridgehead atoms. The summed E-state index contributed by atoms with van der Waals surface area (Å²) in [7, 11) is 0. The zero-order valence-electron chi connectivity index (χ0n) is 43.8. The number of carbonyl (C=O) groups is 3. The fourth-order valence-electron chi connectivity index (χ4n) is 11.4. The van der Waals surface area contributed by atoms with Crippen LogP contribution in [0.25, 0.3) is 10.9 Å². The van der Waals surface area contributed by atoms with Crippen LogP contribution >= 0.6 is 0 Å². The molecule has 8 rings (SSSR count). The molecular formula is C56H77N5O15. The van der Waals surface area contributed by atoms with Crippen LogP contribution in [-0.4, -0.2) is 154 Å². The molecule has 2 saturated heterocycles. The number of aromatic nitrogens is 4. The molecule has 2 aromatic heterocycles. The molecule has 2 aliphatic carbocycles. The molecule has 416 valence electrons. The molecule has 76 heavy (non-hydrogen) atoms. The lowest BCUT2D eigenvalue weighted by Crippen LogP contribution is -2.64. The van der Waals surface area contributed by atoms with E-state index in [-0.39, 0.29) is 36.5 Å². The minimum atomic E-state index is -1.68. The Balaban J connectivity index is 0.951. The monoisotopic (exact) mass is 1060 g/mol. The van der Waals surface area contributed by atoms with Gasteiger partial charge in [0.2, 0.25) is 0 Å². The highest BCUT2D eigenvalue weighted by Gasteiger charge is 2.54. The van der Waals surface area contributed by atoms with Crippen LogP contribution in [0.5, 0.6) is 0 Å². The van der Waals surface area contributed by atoms with Crippen molar-refractivity contribution in [2.45, 2.75) is 197 Å². The molecule has 6 unspecified atom stereocenters. The predicted octanol–water partition coefficient (Wildman–Crippen LogP) is 5.31. The number of hydrogen-bond donors (Lipinski definition) is 7. The second kappa shape index (κ2) is 26.5. The molecule has 2 saturated carbocycles. The number of esters is 1. The van der Waals surface area contributed by atoms with Gasteiger partial charge in [-0.2, -0.15) is 0 Å². The number of aliphatic carboxylic acids is 1. The summed E-state index contributed by atoms with van der Waals surface area (Å²) >= 11 is 0. The molecule has 20 nitrogen and oxygen atoms in total. The lowest BCUT2D eigenvalue weighted by atomic mass is 9.75. The van der Waals surface area contributed by atoms with Crippen LogP contribution in [0.15, 0.2) is 79.3 Å². The van der Waals surface area contributed by atoms with Crippen molar-refractivity contribution in [3.05, 3.63) is 90.5 Å². The number of aryl methyl sites for hydroxylation is 3. The van der Waals surface area contributed by atoms with E-state index < -0.39 is 110 Å².